The first kappa shape index (κ1) is 20.6. The molecule has 24 heavy (non-hydrogen) atoms. The fourth-order valence-electron chi connectivity index (χ4n) is 1.90. The molecule has 0 unspecified atom stereocenters. The van der Waals surface area contributed by atoms with Gasteiger partial charge >= 0.3 is 36.4 Å². The maximum absolute atomic E-state index is 11.2. The molecule has 0 atom stereocenters. The van der Waals surface area contributed by atoms with Crippen molar-refractivity contribution in [3.8, 4) is 5.75 Å². The van der Waals surface area contributed by atoms with Crippen molar-refractivity contribution in [2.24, 2.45) is 0 Å². The van der Waals surface area contributed by atoms with Gasteiger partial charge in [0.1, 0.15) is 17.1 Å². The van der Waals surface area contributed by atoms with E-state index in [9.17, 15) is 16.9 Å². The molecule has 0 bridgehead atoms. The number of quaternary nitrogens is 1. The molecular weight excluding hydrogens is 446 g/mol. The number of benzene rings is 2. The molecule has 2 aromatic carbocycles. The molecule has 0 radical (unpaired) electrons. The van der Waals surface area contributed by atoms with E-state index in [4.69, 9.17) is 4.74 Å². The van der Waals surface area contributed by atoms with Crippen LogP contribution in [0.1, 0.15) is 0 Å². The molecule has 9 heteroatoms. The van der Waals surface area contributed by atoms with E-state index in [-0.39, 0.29) is 0 Å². The first-order valence-corrected chi connectivity index (χ1v) is 12.5. The second-order valence-corrected chi connectivity index (χ2v) is 10.9. The van der Waals surface area contributed by atoms with Gasteiger partial charge in [0, 0.05) is 12.1 Å². The van der Waals surface area contributed by atoms with Gasteiger partial charge in [-0.2, -0.15) is 0 Å². The first-order chi connectivity index (χ1) is 10.6. The van der Waals surface area contributed by atoms with E-state index in [0.717, 1.165) is 10.2 Å². The number of nitrogens with zero attached hydrogens (tertiary/aromatic N) is 1. The van der Waals surface area contributed by atoms with Crippen molar-refractivity contribution in [2.45, 2.75) is 0 Å². The Kier molecular flexibility index (Phi) is 5.29. The van der Waals surface area contributed by atoms with Crippen LogP contribution < -0.4 is 9.22 Å². The van der Waals surface area contributed by atoms with Gasteiger partial charge in [0.25, 0.3) is 0 Å². The third-order valence-electron chi connectivity index (χ3n) is 3.12. The van der Waals surface area contributed by atoms with Crippen LogP contribution in [0.5, 0.6) is 5.75 Å². The van der Waals surface area contributed by atoms with E-state index < -0.39 is 19.5 Å². The van der Waals surface area contributed by atoms with Crippen LogP contribution in [0.2, 0.25) is 0 Å². The number of halogens is 6. The molecule has 0 saturated heterocycles. The van der Waals surface area contributed by atoms with Gasteiger partial charge in [-0.1, -0.05) is 18.2 Å². The van der Waals surface area contributed by atoms with Crippen LogP contribution >= 0.6 is 0 Å². The van der Waals surface area contributed by atoms with Crippen LogP contribution in [-0.2, 0) is 0 Å². The van der Waals surface area contributed by atoms with Crippen LogP contribution in [0.4, 0.5) is 28.3 Å². The molecule has 0 aromatic heterocycles. The summed E-state index contributed by atoms with van der Waals surface area (Å²) in [5.41, 5.74) is 2.50. The van der Waals surface area contributed by atoms with Gasteiger partial charge in [0.2, 0.25) is 0 Å². The number of methoxy groups -OCH3 is 1. The minimum absolute atomic E-state index is 0.727. The number of hydrogen-bond acceptors (Lipinski definition) is 1. The molecule has 0 aliphatic rings. The van der Waals surface area contributed by atoms with E-state index in [1.807, 2.05) is 18.2 Å². The molecule has 0 aliphatic carbocycles. The van der Waals surface area contributed by atoms with Crippen molar-refractivity contribution in [1.82, 2.24) is 4.48 Å². The van der Waals surface area contributed by atoms with Crippen molar-refractivity contribution in [1.29, 1.82) is 0 Å². The summed E-state index contributed by atoms with van der Waals surface area (Å²) in [4.78, 5) is 0. The number of rotatable bonds is 3. The molecule has 0 fully saturated rings. The summed E-state index contributed by atoms with van der Waals surface area (Å²) in [5, 5.41) is 0. The van der Waals surface area contributed by atoms with Gasteiger partial charge in [-0.25, -0.2) is 0 Å². The second-order valence-electron chi connectivity index (χ2n) is 5.45. The van der Waals surface area contributed by atoms with Crippen molar-refractivity contribution in [3.63, 3.8) is 0 Å². The van der Waals surface area contributed by atoms with E-state index in [2.05, 4.69) is 50.5 Å². The Balaban J connectivity index is 0.000000351. The second kappa shape index (κ2) is 6.15. The van der Waals surface area contributed by atoms with Crippen LogP contribution in [0, 0.1) is 0 Å². The third-order valence-corrected chi connectivity index (χ3v) is 3.12. The average molecular weight is 464 g/mol. The zero-order valence-corrected chi connectivity index (χ0v) is 15.8. The van der Waals surface area contributed by atoms with E-state index in [1.54, 1.807) is 7.11 Å². The Bertz CT molecular complexity index is 657. The molecule has 0 heterocycles. The van der Waals surface area contributed by atoms with Gasteiger partial charge in [-0.05, 0) is 24.3 Å². The quantitative estimate of drug-likeness (QED) is 0.320. The Morgan fingerprint density at radius 2 is 1.08 bits per heavy atom. The zero-order chi connectivity index (χ0) is 18.7. The summed E-state index contributed by atoms with van der Waals surface area (Å²) in [6.45, 7) is 0. The Labute approximate surface area is 138 Å². The van der Waals surface area contributed by atoms with Gasteiger partial charge in [-0.15, -0.1) is 0 Å². The third kappa shape index (κ3) is 8.45. The standard InChI is InChI=1S/C15H18NO.6FH.Sb/c1-16(2,13-7-5-4-6-8-13)14-9-11-15(17-3)12-10-14;;;;;;;/h4-12H,1-3H3;6*1H;/q+1;;;;;;;+5/p-6. The molecule has 2 rings (SSSR count). The molecule has 136 valence electrons. The van der Waals surface area contributed by atoms with E-state index in [1.165, 1.54) is 11.4 Å². The molecule has 0 aliphatic heterocycles. The SMILES string of the molecule is COc1ccc([N+](C)(C)c2ccccc2)cc1.[F][Sb-]([F])([F])([F])([F])[F]. The fraction of sp³-hybridized carbons (Fsp3) is 0.200. The Morgan fingerprint density at radius 3 is 1.46 bits per heavy atom. The van der Waals surface area contributed by atoms with E-state index in [0.29, 0.717) is 0 Å². The minimum atomic E-state index is -11.2. The molecule has 2 nitrogen and oxygen atoms in total. The normalized spacial score (nSPS) is 14.7. The fourth-order valence-corrected chi connectivity index (χ4v) is 1.90. The van der Waals surface area contributed by atoms with Crippen molar-refractivity contribution in [2.75, 3.05) is 21.2 Å². The molecule has 0 N–H and O–H groups in total. The Hall–Kier alpha value is -1.40. The van der Waals surface area contributed by atoms with Crippen molar-refractivity contribution in [3.05, 3.63) is 54.6 Å². The van der Waals surface area contributed by atoms with Crippen molar-refractivity contribution >= 4 is 30.8 Å². The predicted octanol–water partition coefficient (Wildman–Crippen LogP) is 5.73. The summed E-state index contributed by atoms with van der Waals surface area (Å²) in [6, 6.07) is 18.7. The zero-order valence-electron chi connectivity index (χ0n) is 13.3. The monoisotopic (exact) mass is 463 g/mol. The number of hydrogen-bond donors (Lipinski definition) is 0. The number of ether oxygens (including phenoxy) is 1. The van der Waals surface area contributed by atoms with Crippen LogP contribution in [-0.4, -0.2) is 40.7 Å². The maximum atomic E-state index is 9.93. The summed E-state index contributed by atoms with van der Waals surface area (Å²) < 4.78 is 65.5. The molecule has 0 saturated carbocycles. The van der Waals surface area contributed by atoms with Gasteiger partial charge in [0.15, 0.2) is 0 Å². The van der Waals surface area contributed by atoms with Crippen LogP contribution in [0.15, 0.2) is 54.6 Å². The summed E-state index contributed by atoms with van der Waals surface area (Å²) in [5.74, 6) is 0.891. The van der Waals surface area contributed by atoms with Crippen molar-refractivity contribution < 1.29 is 21.6 Å². The predicted molar refractivity (Wildman–Crippen MR) is 85.1 cm³/mol. The van der Waals surface area contributed by atoms with Gasteiger partial charge in [0.05, 0.1) is 21.2 Å². The molecular formula is C15H18F6NOSb. The van der Waals surface area contributed by atoms with Gasteiger partial charge in [-0.3, -0.25) is 4.48 Å². The summed E-state index contributed by atoms with van der Waals surface area (Å²) in [7, 11) is 6.04. The number of para-hydroxylation sites is 1. The van der Waals surface area contributed by atoms with Gasteiger partial charge < -0.3 is 4.74 Å². The van der Waals surface area contributed by atoms with E-state index >= 15 is 0 Å². The summed E-state index contributed by atoms with van der Waals surface area (Å²) >= 11 is -11.2. The van der Waals surface area contributed by atoms with Crippen LogP contribution in [0.3, 0.4) is 0 Å². The van der Waals surface area contributed by atoms with Crippen LogP contribution in [0.25, 0.3) is 0 Å². The Morgan fingerprint density at radius 1 is 0.708 bits per heavy atom. The average Bonchev–Trinajstić information content (AvgIpc) is 2.45. The molecule has 0 amide bonds. The molecule has 2 aromatic rings. The topological polar surface area (TPSA) is 9.23 Å². The molecule has 0 spiro atoms. The summed E-state index contributed by atoms with van der Waals surface area (Å²) in [6.07, 6.45) is 0. The first-order valence-electron chi connectivity index (χ1n) is 6.70.